The summed E-state index contributed by atoms with van der Waals surface area (Å²) < 4.78 is 0. The number of rotatable bonds is 3. The number of nitrogens with two attached hydrogens (primary N) is 1. The predicted octanol–water partition coefficient (Wildman–Crippen LogP) is 1.70. The van der Waals surface area contributed by atoms with E-state index in [0.29, 0.717) is 5.92 Å². The summed E-state index contributed by atoms with van der Waals surface area (Å²) in [5, 5.41) is 0. The van der Waals surface area contributed by atoms with E-state index in [1.807, 2.05) is 13.8 Å². The first-order valence-electron chi connectivity index (χ1n) is 3.28. The molecule has 0 amide bonds. The number of hydrogen-bond acceptors (Lipinski definition) is 2. The minimum atomic E-state index is 0.363. The highest BCUT2D eigenvalue weighted by Gasteiger charge is 1.93. The molecule has 2 nitrogen and oxygen atoms in total. The maximum Gasteiger partial charge on any atom is 0.0458 e. The SMILES string of the molecule is C=CC=N/C=C(\N)C(C)C. The van der Waals surface area contributed by atoms with Gasteiger partial charge in [0.15, 0.2) is 0 Å². The van der Waals surface area contributed by atoms with Crippen molar-refractivity contribution in [2.75, 3.05) is 0 Å². The molecule has 0 aromatic carbocycles. The molecule has 2 heteroatoms. The largest absolute Gasteiger partial charge is 0.401 e. The highest BCUT2D eigenvalue weighted by atomic mass is 14.7. The van der Waals surface area contributed by atoms with Gasteiger partial charge < -0.3 is 5.73 Å². The number of nitrogens with zero attached hydrogens (tertiary/aromatic N) is 1. The van der Waals surface area contributed by atoms with Crippen molar-refractivity contribution in [2.24, 2.45) is 16.6 Å². The van der Waals surface area contributed by atoms with Gasteiger partial charge in [-0.1, -0.05) is 26.5 Å². The molecule has 0 aliphatic heterocycles. The summed E-state index contributed by atoms with van der Waals surface area (Å²) >= 11 is 0. The Kier molecular flexibility index (Phi) is 4.29. The lowest BCUT2D eigenvalue weighted by Crippen LogP contribution is -2.03. The van der Waals surface area contributed by atoms with E-state index < -0.39 is 0 Å². The van der Waals surface area contributed by atoms with Crippen LogP contribution in [0.15, 0.2) is 29.5 Å². The maximum absolute atomic E-state index is 5.57. The van der Waals surface area contributed by atoms with Gasteiger partial charge in [0.2, 0.25) is 0 Å². The van der Waals surface area contributed by atoms with Gasteiger partial charge in [-0.15, -0.1) is 0 Å². The summed E-state index contributed by atoms with van der Waals surface area (Å²) in [7, 11) is 0. The molecule has 0 aromatic rings. The molecule has 0 aliphatic carbocycles. The van der Waals surface area contributed by atoms with Gasteiger partial charge >= 0.3 is 0 Å². The quantitative estimate of drug-likeness (QED) is 0.592. The molecule has 0 aromatic heterocycles. The van der Waals surface area contributed by atoms with Crippen LogP contribution in [0.3, 0.4) is 0 Å². The van der Waals surface area contributed by atoms with E-state index in [0.717, 1.165) is 5.70 Å². The van der Waals surface area contributed by atoms with Crippen molar-refractivity contribution >= 4 is 6.21 Å². The normalized spacial score (nSPS) is 12.9. The molecule has 0 atom stereocenters. The fourth-order valence-corrected chi connectivity index (χ4v) is 0.339. The Balaban J connectivity index is 3.91. The van der Waals surface area contributed by atoms with Crippen LogP contribution in [-0.2, 0) is 0 Å². The second kappa shape index (κ2) is 4.79. The highest BCUT2D eigenvalue weighted by Crippen LogP contribution is 2.00. The Morgan fingerprint density at radius 2 is 2.20 bits per heavy atom. The lowest BCUT2D eigenvalue weighted by Gasteiger charge is -2.00. The molecule has 0 saturated heterocycles. The standard InChI is InChI=1S/C8H14N2/c1-4-5-10-6-8(9)7(2)3/h4-7H,1,9H2,2-3H3/b8-6-,10-5?. The molecule has 0 rings (SSSR count). The first-order valence-corrected chi connectivity index (χ1v) is 3.28. The number of allylic oxidation sites excluding steroid dienone is 2. The van der Waals surface area contributed by atoms with Crippen molar-refractivity contribution in [3.05, 3.63) is 24.6 Å². The van der Waals surface area contributed by atoms with Gasteiger partial charge in [0.05, 0.1) is 0 Å². The Hall–Kier alpha value is -1.05. The van der Waals surface area contributed by atoms with Gasteiger partial charge in [0.25, 0.3) is 0 Å². The Morgan fingerprint density at radius 3 is 2.60 bits per heavy atom. The third-order valence-electron chi connectivity index (χ3n) is 1.08. The molecule has 0 bridgehead atoms. The molecule has 0 aliphatic rings. The molecule has 56 valence electrons. The van der Waals surface area contributed by atoms with Crippen LogP contribution in [-0.4, -0.2) is 6.21 Å². The van der Waals surface area contributed by atoms with E-state index >= 15 is 0 Å². The molecule has 2 N–H and O–H groups in total. The predicted molar refractivity (Wildman–Crippen MR) is 45.8 cm³/mol. The average molecular weight is 138 g/mol. The smallest absolute Gasteiger partial charge is 0.0458 e. The topological polar surface area (TPSA) is 38.4 Å². The van der Waals surface area contributed by atoms with Gasteiger partial charge in [-0.25, -0.2) is 0 Å². The zero-order chi connectivity index (χ0) is 7.98. The van der Waals surface area contributed by atoms with E-state index in [4.69, 9.17) is 5.73 Å². The minimum absolute atomic E-state index is 0.363. The van der Waals surface area contributed by atoms with E-state index in [1.165, 1.54) is 0 Å². The zero-order valence-corrected chi connectivity index (χ0v) is 6.54. The fraction of sp³-hybridized carbons (Fsp3) is 0.375. The summed E-state index contributed by atoms with van der Waals surface area (Å²) in [6, 6.07) is 0. The number of hydrogen-bond donors (Lipinski definition) is 1. The highest BCUT2D eigenvalue weighted by molar-refractivity contribution is 5.70. The van der Waals surface area contributed by atoms with Crippen LogP contribution in [0.4, 0.5) is 0 Å². The van der Waals surface area contributed by atoms with Crippen LogP contribution in [0.25, 0.3) is 0 Å². The van der Waals surface area contributed by atoms with Crippen LogP contribution in [0.2, 0.25) is 0 Å². The van der Waals surface area contributed by atoms with Crippen LogP contribution in [0.1, 0.15) is 13.8 Å². The molecule has 0 radical (unpaired) electrons. The third kappa shape index (κ3) is 3.89. The van der Waals surface area contributed by atoms with E-state index in [2.05, 4.69) is 11.6 Å². The summed E-state index contributed by atoms with van der Waals surface area (Å²) in [5.74, 6) is 0.363. The molecule has 0 fully saturated rings. The lowest BCUT2D eigenvalue weighted by molar-refractivity contribution is 0.754. The second-order valence-electron chi connectivity index (χ2n) is 2.32. The van der Waals surface area contributed by atoms with Crippen molar-refractivity contribution in [1.29, 1.82) is 0 Å². The van der Waals surface area contributed by atoms with Crippen LogP contribution in [0, 0.1) is 5.92 Å². The first-order chi connectivity index (χ1) is 4.68. The van der Waals surface area contributed by atoms with Crippen LogP contribution < -0.4 is 5.73 Å². The Labute approximate surface area is 62.1 Å². The fourth-order valence-electron chi connectivity index (χ4n) is 0.339. The maximum atomic E-state index is 5.57. The monoisotopic (exact) mass is 138 g/mol. The van der Waals surface area contributed by atoms with E-state index in [9.17, 15) is 0 Å². The Bertz CT molecular complexity index is 155. The minimum Gasteiger partial charge on any atom is -0.401 e. The second-order valence-corrected chi connectivity index (χ2v) is 2.32. The summed E-state index contributed by atoms with van der Waals surface area (Å²) in [4.78, 5) is 3.88. The average Bonchev–Trinajstić information content (AvgIpc) is 1.88. The molecular weight excluding hydrogens is 124 g/mol. The Morgan fingerprint density at radius 1 is 1.60 bits per heavy atom. The van der Waals surface area contributed by atoms with Crippen LogP contribution >= 0.6 is 0 Å². The van der Waals surface area contributed by atoms with Crippen molar-refractivity contribution in [3.8, 4) is 0 Å². The van der Waals surface area contributed by atoms with Gasteiger partial charge in [0.1, 0.15) is 0 Å². The zero-order valence-electron chi connectivity index (χ0n) is 6.54. The number of aliphatic imine (C=N–C) groups is 1. The lowest BCUT2D eigenvalue weighted by atomic mass is 10.2. The van der Waals surface area contributed by atoms with Crippen molar-refractivity contribution in [1.82, 2.24) is 0 Å². The van der Waals surface area contributed by atoms with Crippen LogP contribution in [0.5, 0.6) is 0 Å². The first kappa shape index (κ1) is 8.95. The van der Waals surface area contributed by atoms with Crippen molar-refractivity contribution in [3.63, 3.8) is 0 Å². The van der Waals surface area contributed by atoms with Crippen molar-refractivity contribution in [2.45, 2.75) is 13.8 Å². The molecular formula is C8H14N2. The molecule has 0 heterocycles. The summed E-state index contributed by atoms with van der Waals surface area (Å²) in [6.07, 6.45) is 4.87. The van der Waals surface area contributed by atoms with Crippen molar-refractivity contribution < 1.29 is 0 Å². The molecule has 0 unspecified atom stereocenters. The summed E-state index contributed by atoms with van der Waals surface area (Å²) in [5.41, 5.74) is 6.36. The third-order valence-corrected chi connectivity index (χ3v) is 1.08. The molecule has 0 spiro atoms. The van der Waals surface area contributed by atoms with Gasteiger partial charge in [-0.05, 0) is 5.92 Å². The molecule has 0 saturated carbocycles. The molecule has 10 heavy (non-hydrogen) atoms. The van der Waals surface area contributed by atoms with Gasteiger partial charge in [-0.3, -0.25) is 4.99 Å². The van der Waals surface area contributed by atoms with E-state index in [1.54, 1.807) is 18.5 Å². The summed E-state index contributed by atoms with van der Waals surface area (Å²) in [6.45, 7) is 7.53. The van der Waals surface area contributed by atoms with E-state index in [-0.39, 0.29) is 0 Å². The van der Waals surface area contributed by atoms with Gasteiger partial charge in [0, 0.05) is 18.1 Å². The van der Waals surface area contributed by atoms with Gasteiger partial charge in [-0.2, -0.15) is 0 Å².